The van der Waals surface area contributed by atoms with E-state index in [1.807, 2.05) is 55.5 Å². The third kappa shape index (κ3) is 4.76. The maximum Gasteiger partial charge on any atom is 0.261 e. The number of ether oxygens (including phenoxy) is 1. The Kier molecular flexibility index (Phi) is 6.09. The Bertz CT molecular complexity index is 949. The third-order valence-electron chi connectivity index (χ3n) is 4.37. The van der Waals surface area contributed by atoms with E-state index in [0.717, 1.165) is 22.4 Å². The molecular weight excluding hydrogens is 354 g/mol. The second-order valence-electron chi connectivity index (χ2n) is 7.05. The smallest absolute Gasteiger partial charge is 0.261 e. The molecular formula is C22H25N3O3. The molecule has 3 aromatic rings. The molecule has 2 aromatic carbocycles. The van der Waals surface area contributed by atoms with Gasteiger partial charge >= 0.3 is 0 Å². The lowest BCUT2D eigenvalue weighted by Gasteiger charge is -2.18. The molecule has 0 saturated heterocycles. The first kappa shape index (κ1) is 19.6. The molecule has 1 aromatic heterocycles. The van der Waals surface area contributed by atoms with Gasteiger partial charge in [0.05, 0.1) is 6.54 Å². The number of nitrogens with zero attached hydrogens (tertiary/aromatic N) is 2. The van der Waals surface area contributed by atoms with Crippen molar-refractivity contribution in [1.29, 1.82) is 0 Å². The van der Waals surface area contributed by atoms with Crippen LogP contribution in [0.2, 0.25) is 0 Å². The van der Waals surface area contributed by atoms with Gasteiger partial charge in [-0.3, -0.25) is 4.79 Å². The second kappa shape index (κ2) is 8.69. The Labute approximate surface area is 164 Å². The van der Waals surface area contributed by atoms with E-state index in [-0.39, 0.29) is 12.5 Å². The minimum atomic E-state index is -0.640. The van der Waals surface area contributed by atoms with Crippen molar-refractivity contribution in [2.75, 3.05) is 0 Å². The summed E-state index contributed by atoms with van der Waals surface area (Å²) in [5.74, 6) is 1.64. The van der Waals surface area contributed by atoms with Gasteiger partial charge in [0.15, 0.2) is 6.10 Å². The van der Waals surface area contributed by atoms with Crippen LogP contribution in [0.1, 0.15) is 43.7 Å². The average Bonchev–Trinajstić information content (AvgIpc) is 3.15. The van der Waals surface area contributed by atoms with Gasteiger partial charge in [-0.2, -0.15) is 4.98 Å². The second-order valence-corrected chi connectivity index (χ2v) is 7.05. The number of hydrogen-bond acceptors (Lipinski definition) is 5. The summed E-state index contributed by atoms with van der Waals surface area (Å²) in [6.07, 6.45) is -0.640. The van der Waals surface area contributed by atoms with Gasteiger partial charge in [-0.1, -0.05) is 61.0 Å². The monoisotopic (exact) mass is 379 g/mol. The molecule has 0 aliphatic heterocycles. The fourth-order valence-corrected chi connectivity index (χ4v) is 2.84. The van der Waals surface area contributed by atoms with Crippen molar-refractivity contribution in [1.82, 2.24) is 15.5 Å². The van der Waals surface area contributed by atoms with Gasteiger partial charge in [0.1, 0.15) is 5.75 Å². The Balaban J connectivity index is 1.59. The molecule has 0 radical (unpaired) electrons. The van der Waals surface area contributed by atoms with Crippen molar-refractivity contribution >= 4 is 5.91 Å². The van der Waals surface area contributed by atoms with E-state index in [0.29, 0.717) is 17.6 Å². The highest BCUT2D eigenvalue weighted by Crippen LogP contribution is 2.26. The lowest BCUT2D eigenvalue weighted by atomic mass is 10.0. The van der Waals surface area contributed by atoms with E-state index in [1.165, 1.54) is 0 Å². The quantitative estimate of drug-likeness (QED) is 0.664. The molecule has 0 saturated carbocycles. The fraction of sp³-hybridized carbons (Fsp3) is 0.318. The van der Waals surface area contributed by atoms with Crippen LogP contribution in [0, 0.1) is 6.92 Å². The standard InChI is InChI=1S/C22H25N3O3/c1-14(2)18-10-5-6-11-19(18)27-16(4)22(26)23-13-20-24-21(25-28-20)17-9-7-8-15(3)12-17/h5-12,14,16H,13H2,1-4H3,(H,23,26)/t16-/m1/s1. The predicted octanol–water partition coefficient (Wildman–Crippen LogP) is 4.25. The maximum atomic E-state index is 12.4. The van der Waals surface area contributed by atoms with Crippen molar-refractivity contribution < 1.29 is 14.1 Å². The number of carbonyl (C=O) groups excluding carboxylic acids is 1. The molecule has 6 nitrogen and oxygen atoms in total. The summed E-state index contributed by atoms with van der Waals surface area (Å²) < 4.78 is 11.1. The van der Waals surface area contributed by atoms with E-state index < -0.39 is 6.10 Å². The van der Waals surface area contributed by atoms with Gasteiger partial charge in [-0.15, -0.1) is 0 Å². The first-order chi connectivity index (χ1) is 13.4. The van der Waals surface area contributed by atoms with E-state index in [2.05, 4.69) is 29.3 Å². The van der Waals surface area contributed by atoms with Gasteiger partial charge in [0, 0.05) is 5.56 Å². The molecule has 1 heterocycles. The number of aromatic nitrogens is 2. The first-order valence-electron chi connectivity index (χ1n) is 9.37. The molecule has 28 heavy (non-hydrogen) atoms. The number of rotatable bonds is 7. The van der Waals surface area contributed by atoms with Gasteiger partial charge in [-0.05, 0) is 37.5 Å². The maximum absolute atomic E-state index is 12.4. The van der Waals surface area contributed by atoms with Crippen LogP contribution in [0.5, 0.6) is 5.75 Å². The normalized spacial score (nSPS) is 12.0. The Morgan fingerprint density at radius 3 is 2.68 bits per heavy atom. The highest BCUT2D eigenvalue weighted by Gasteiger charge is 2.18. The summed E-state index contributed by atoms with van der Waals surface area (Å²) in [6, 6.07) is 15.6. The summed E-state index contributed by atoms with van der Waals surface area (Å²) in [5, 5.41) is 6.76. The minimum absolute atomic E-state index is 0.150. The molecule has 6 heteroatoms. The molecule has 3 rings (SSSR count). The summed E-state index contributed by atoms with van der Waals surface area (Å²) >= 11 is 0. The average molecular weight is 379 g/mol. The number of nitrogens with one attached hydrogen (secondary N) is 1. The van der Waals surface area contributed by atoms with Crippen LogP contribution in [0.3, 0.4) is 0 Å². The summed E-state index contributed by atoms with van der Waals surface area (Å²) in [7, 11) is 0. The number of para-hydroxylation sites is 1. The summed E-state index contributed by atoms with van der Waals surface area (Å²) in [6.45, 7) is 8.06. The minimum Gasteiger partial charge on any atom is -0.481 e. The topological polar surface area (TPSA) is 77.2 Å². The van der Waals surface area contributed by atoms with Gasteiger partial charge in [0.25, 0.3) is 5.91 Å². The van der Waals surface area contributed by atoms with Crippen LogP contribution in [0.25, 0.3) is 11.4 Å². The zero-order chi connectivity index (χ0) is 20.1. The molecule has 1 atom stereocenters. The molecule has 146 valence electrons. The number of carbonyl (C=O) groups is 1. The van der Waals surface area contributed by atoms with Crippen molar-refractivity contribution in [3.8, 4) is 17.1 Å². The lowest BCUT2D eigenvalue weighted by molar-refractivity contribution is -0.127. The molecule has 0 bridgehead atoms. The fourth-order valence-electron chi connectivity index (χ4n) is 2.84. The van der Waals surface area contributed by atoms with Crippen molar-refractivity contribution in [3.05, 3.63) is 65.5 Å². The van der Waals surface area contributed by atoms with Crippen LogP contribution in [-0.4, -0.2) is 22.2 Å². The molecule has 0 unspecified atom stereocenters. The van der Waals surface area contributed by atoms with Crippen LogP contribution < -0.4 is 10.1 Å². The highest BCUT2D eigenvalue weighted by molar-refractivity contribution is 5.80. The SMILES string of the molecule is Cc1cccc(-c2noc(CNC(=O)[C@@H](C)Oc3ccccc3C(C)C)n2)c1. The van der Waals surface area contributed by atoms with E-state index in [4.69, 9.17) is 9.26 Å². The zero-order valence-corrected chi connectivity index (χ0v) is 16.6. The molecule has 1 N–H and O–H groups in total. The number of amides is 1. The molecule has 1 amide bonds. The van der Waals surface area contributed by atoms with Crippen LogP contribution in [0.15, 0.2) is 53.1 Å². The van der Waals surface area contributed by atoms with Gasteiger partial charge < -0.3 is 14.6 Å². The largest absolute Gasteiger partial charge is 0.481 e. The van der Waals surface area contributed by atoms with Crippen molar-refractivity contribution in [2.45, 2.75) is 46.3 Å². The first-order valence-corrected chi connectivity index (χ1v) is 9.37. The Morgan fingerprint density at radius 1 is 1.14 bits per heavy atom. The Hall–Kier alpha value is -3.15. The van der Waals surface area contributed by atoms with E-state index in [1.54, 1.807) is 6.92 Å². The zero-order valence-electron chi connectivity index (χ0n) is 16.6. The van der Waals surface area contributed by atoms with Crippen molar-refractivity contribution in [3.63, 3.8) is 0 Å². The number of aryl methyl sites for hydroxylation is 1. The van der Waals surface area contributed by atoms with E-state index >= 15 is 0 Å². The third-order valence-corrected chi connectivity index (χ3v) is 4.37. The van der Waals surface area contributed by atoms with Crippen LogP contribution >= 0.6 is 0 Å². The molecule has 0 aliphatic rings. The van der Waals surface area contributed by atoms with Crippen LogP contribution in [-0.2, 0) is 11.3 Å². The molecule has 0 spiro atoms. The van der Waals surface area contributed by atoms with Crippen molar-refractivity contribution in [2.24, 2.45) is 0 Å². The summed E-state index contributed by atoms with van der Waals surface area (Å²) in [5.41, 5.74) is 3.06. The molecule has 0 fully saturated rings. The molecule has 0 aliphatic carbocycles. The number of benzene rings is 2. The predicted molar refractivity (Wildman–Crippen MR) is 107 cm³/mol. The lowest BCUT2D eigenvalue weighted by Crippen LogP contribution is -2.36. The van der Waals surface area contributed by atoms with Crippen LogP contribution in [0.4, 0.5) is 0 Å². The number of hydrogen-bond donors (Lipinski definition) is 1. The van der Waals surface area contributed by atoms with Gasteiger partial charge in [0.2, 0.25) is 11.7 Å². The van der Waals surface area contributed by atoms with E-state index in [9.17, 15) is 4.79 Å². The Morgan fingerprint density at radius 2 is 1.93 bits per heavy atom. The highest BCUT2D eigenvalue weighted by atomic mass is 16.5. The van der Waals surface area contributed by atoms with Gasteiger partial charge in [-0.25, -0.2) is 0 Å². The summed E-state index contributed by atoms with van der Waals surface area (Å²) in [4.78, 5) is 16.7.